The predicted octanol–water partition coefficient (Wildman–Crippen LogP) is 1.88. The monoisotopic (exact) mass is 367 g/mol. The van der Waals surface area contributed by atoms with E-state index in [1.165, 1.54) is 0 Å². The van der Waals surface area contributed by atoms with Crippen LogP contribution in [-0.4, -0.2) is 40.4 Å². The van der Waals surface area contributed by atoms with Gasteiger partial charge in [0.25, 0.3) is 10.0 Å². The van der Waals surface area contributed by atoms with Gasteiger partial charge in [-0.05, 0) is 33.6 Å². The Morgan fingerprint density at radius 2 is 2.20 bits per heavy atom. The summed E-state index contributed by atoms with van der Waals surface area (Å²) in [6, 6.07) is -0.181. The highest BCUT2D eigenvalue weighted by Gasteiger charge is 2.33. The number of imidazole rings is 1. The molecule has 2 aromatic heterocycles. The van der Waals surface area contributed by atoms with Crippen molar-refractivity contribution in [3.8, 4) is 0 Å². The van der Waals surface area contributed by atoms with Crippen LogP contribution in [0.4, 0.5) is 0 Å². The van der Waals surface area contributed by atoms with Crippen molar-refractivity contribution < 1.29 is 13.2 Å². The molecule has 0 radical (unpaired) electrons. The molecule has 138 valence electrons. The third-order valence-corrected chi connectivity index (χ3v) is 5.76. The molecule has 0 aromatic carbocycles. The molecule has 8 nitrogen and oxygen atoms in total. The second-order valence-electron chi connectivity index (χ2n) is 6.54. The molecular formula is C16H25N5O3S. The maximum absolute atomic E-state index is 12.7. The van der Waals surface area contributed by atoms with Crippen molar-refractivity contribution >= 4 is 10.0 Å². The summed E-state index contributed by atoms with van der Waals surface area (Å²) in [4.78, 5) is 4.05. The maximum Gasteiger partial charge on any atom is 0.259 e. The first-order chi connectivity index (χ1) is 11.9. The zero-order chi connectivity index (χ0) is 18.0. The van der Waals surface area contributed by atoms with Crippen molar-refractivity contribution in [1.82, 2.24) is 24.1 Å². The van der Waals surface area contributed by atoms with Crippen LogP contribution >= 0.6 is 0 Å². The van der Waals surface area contributed by atoms with Gasteiger partial charge in [0.2, 0.25) is 0 Å². The van der Waals surface area contributed by atoms with Crippen molar-refractivity contribution in [2.75, 3.05) is 6.61 Å². The van der Waals surface area contributed by atoms with Gasteiger partial charge in [-0.15, -0.1) is 0 Å². The lowest BCUT2D eigenvalue weighted by Crippen LogP contribution is -2.42. The first-order valence-electron chi connectivity index (χ1n) is 8.60. The van der Waals surface area contributed by atoms with Gasteiger partial charge in [-0.25, -0.2) is 18.1 Å². The lowest BCUT2D eigenvalue weighted by molar-refractivity contribution is -0.00449. The number of sulfonamides is 1. The summed E-state index contributed by atoms with van der Waals surface area (Å²) in [6.45, 7) is 7.32. The minimum atomic E-state index is -3.70. The van der Waals surface area contributed by atoms with Crippen molar-refractivity contribution in [3.05, 3.63) is 30.5 Å². The molecule has 0 saturated carbocycles. The number of nitrogens with zero attached hydrogens (tertiary/aromatic N) is 4. The molecule has 0 unspecified atom stereocenters. The topological polar surface area (TPSA) is 91.0 Å². The third kappa shape index (κ3) is 3.94. The Kier molecular flexibility index (Phi) is 5.26. The average molecular weight is 367 g/mol. The van der Waals surface area contributed by atoms with Gasteiger partial charge in [0.15, 0.2) is 5.03 Å². The summed E-state index contributed by atoms with van der Waals surface area (Å²) >= 11 is 0. The molecule has 9 heteroatoms. The fraction of sp³-hybridized carbons (Fsp3) is 0.625. The number of hydrogen-bond donors (Lipinski definition) is 1. The summed E-state index contributed by atoms with van der Waals surface area (Å²) in [5.41, 5.74) is 0.891. The zero-order valence-electron chi connectivity index (χ0n) is 14.8. The van der Waals surface area contributed by atoms with Crippen molar-refractivity contribution in [3.63, 3.8) is 0 Å². The second kappa shape index (κ2) is 7.27. The highest BCUT2D eigenvalue weighted by Crippen LogP contribution is 2.29. The fourth-order valence-corrected chi connectivity index (χ4v) is 4.14. The standard InChI is InChI=1S/C16H25N5O3S/c1-4-21-9-13(8-18-21)16-14(6-5-7-24-16)19-25(22,23)15-10-20(11-17-15)12(2)3/h8-12,14,16,19H,4-7H2,1-3H3/t14-,16+/m0/s1. The molecule has 0 bridgehead atoms. The van der Waals surface area contributed by atoms with Crippen LogP contribution in [0.15, 0.2) is 29.9 Å². The van der Waals surface area contributed by atoms with Gasteiger partial charge < -0.3 is 9.30 Å². The van der Waals surface area contributed by atoms with Crippen LogP contribution in [0, 0.1) is 0 Å². The van der Waals surface area contributed by atoms with Gasteiger partial charge >= 0.3 is 0 Å². The molecule has 3 heterocycles. The Balaban J connectivity index is 1.80. The van der Waals surface area contributed by atoms with Gasteiger partial charge in [-0.3, -0.25) is 4.68 Å². The lowest BCUT2D eigenvalue weighted by atomic mass is 9.99. The number of nitrogens with one attached hydrogen (secondary N) is 1. The number of aryl methyl sites for hydroxylation is 1. The SMILES string of the molecule is CCn1cc([C@H]2OCCC[C@@H]2NS(=O)(=O)c2cn(C(C)C)cn2)cn1. The van der Waals surface area contributed by atoms with Gasteiger partial charge in [0, 0.05) is 37.2 Å². The van der Waals surface area contributed by atoms with Crippen LogP contribution in [0.2, 0.25) is 0 Å². The third-order valence-electron chi connectivity index (χ3n) is 4.38. The van der Waals surface area contributed by atoms with Crippen molar-refractivity contribution in [2.45, 2.75) is 63.4 Å². The Hall–Kier alpha value is -1.71. The molecule has 0 aliphatic carbocycles. The lowest BCUT2D eigenvalue weighted by Gasteiger charge is -2.31. The van der Waals surface area contributed by atoms with E-state index in [0.29, 0.717) is 13.0 Å². The van der Waals surface area contributed by atoms with Crippen LogP contribution in [-0.2, 0) is 21.3 Å². The van der Waals surface area contributed by atoms with E-state index in [1.807, 2.05) is 31.6 Å². The average Bonchev–Trinajstić information content (AvgIpc) is 3.25. The van der Waals surface area contributed by atoms with Crippen molar-refractivity contribution in [1.29, 1.82) is 0 Å². The summed E-state index contributed by atoms with van der Waals surface area (Å²) in [7, 11) is -3.70. The van der Waals surface area contributed by atoms with Crippen molar-refractivity contribution in [2.24, 2.45) is 0 Å². The zero-order valence-corrected chi connectivity index (χ0v) is 15.6. The van der Waals surface area contributed by atoms with E-state index in [-0.39, 0.29) is 23.2 Å². The van der Waals surface area contributed by atoms with Crippen LogP contribution in [0.3, 0.4) is 0 Å². The highest BCUT2D eigenvalue weighted by molar-refractivity contribution is 7.89. The molecule has 1 aliphatic heterocycles. The van der Waals surface area contributed by atoms with E-state index >= 15 is 0 Å². The molecule has 0 spiro atoms. The van der Waals surface area contributed by atoms with Crippen LogP contribution < -0.4 is 4.72 Å². The predicted molar refractivity (Wildman–Crippen MR) is 92.5 cm³/mol. The van der Waals surface area contributed by atoms with E-state index in [1.54, 1.807) is 23.3 Å². The molecule has 25 heavy (non-hydrogen) atoms. The van der Waals surface area contributed by atoms with E-state index in [9.17, 15) is 8.42 Å². The highest BCUT2D eigenvalue weighted by atomic mass is 32.2. The minimum Gasteiger partial charge on any atom is -0.372 e. The molecule has 1 fully saturated rings. The molecule has 1 saturated heterocycles. The van der Waals surface area contributed by atoms with E-state index in [4.69, 9.17) is 4.74 Å². The molecule has 2 aromatic rings. The first kappa shape index (κ1) is 18.1. The van der Waals surface area contributed by atoms with E-state index in [0.717, 1.165) is 18.5 Å². The van der Waals surface area contributed by atoms with Gasteiger partial charge in [-0.2, -0.15) is 5.10 Å². The number of aromatic nitrogens is 4. The Morgan fingerprint density at radius 3 is 2.84 bits per heavy atom. The van der Waals surface area contributed by atoms with Gasteiger partial charge in [0.1, 0.15) is 6.10 Å². The van der Waals surface area contributed by atoms with Gasteiger partial charge in [-0.1, -0.05) is 0 Å². The molecule has 1 N–H and O–H groups in total. The van der Waals surface area contributed by atoms with Gasteiger partial charge in [0.05, 0.1) is 18.6 Å². The summed E-state index contributed by atoms with van der Waals surface area (Å²) in [6.07, 6.45) is 7.94. The Labute approximate surface area is 148 Å². The normalized spacial score (nSPS) is 21.8. The van der Waals surface area contributed by atoms with E-state index in [2.05, 4.69) is 14.8 Å². The molecule has 1 aliphatic rings. The Bertz CT molecular complexity index is 811. The summed E-state index contributed by atoms with van der Waals surface area (Å²) in [5, 5.41) is 4.30. The molecule has 0 amide bonds. The number of ether oxygens (including phenoxy) is 1. The maximum atomic E-state index is 12.7. The quantitative estimate of drug-likeness (QED) is 0.842. The Morgan fingerprint density at radius 1 is 1.40 bits per heavy atom. The minimum absolute atomic E-state index is 0.0368. The second-order valence-corrected chi connectivity index (χ2v) is 8.20. The van der Waals surface area contributed by atoms with Crippen LogP contribution in [0.5, 0.6) is 0 Å². The number of rotatable bonds is 6. The molecule has 3 rings (SSSR count). The molecule has 2 atom stereocenters. The van der Waals surface area contributed by atoms with Crippen LogP contribution in [0.25, 0.3) is 0 Å². The van der Waals surface area contributed by atoms with Crippen LogP contribution in [0.1, 0.15) is 51.3 Å². The summed E-state index contributed by atoms with van der Waals surface area (Å²) in [5.74, 6) is 0. The fourth-order valence-electron chi connectivity index (χ4n) is 2.93. The van der Waals surface area contributed by atoms with E-state index < -0.39 is 10.0 Å². The molecular weight excluding hydrogens is 342 g/mol. The summed E-state index contributed by atoms with van der Waals surface area (Å²) < 4.78 is 37.6. The number of hydrogen-bond acceptors (Lipinski definition) is 5. The smallest absolute Gasteiger partial charge is 0.259 e. The largest absolute Gasteiger partial charge is 0.372 e. The first-order valence-corrected chi connectivity index (χ1v) is 10.1.